The van der Waals surface area contributed by atoms with Gasteiger partial charge in [0.1, 0.15) is 19.0 Å². The van der Waals surface area contributed by atoms with E-state index in [9.17, 15) is 5.11 Å². The Labute approximate surface area is 124 Å². The van der Waals surface area contributed by atoms with E-state index in [0.717, 1.165) is 28.3 Å². The summed E-state index contributed by atoms with van der Waals surface area (Å²) in [5, 5.41) is 12.9. The number of phenolic OH excluding ortho intramolecular Hbond substituents is 1. The quantitative estimate of drug-likeness (QED) is 0.845. The summed E-state index contributed by atoms with van der Waals surface area (Å²) in [4.78, 5) is 0. The molecule has 110 valence electrons. The van der Waals surface area contributed by atoms with Crippen molar-refractivity contribution < 1.29 is 14.6 Å². The van der Waals surface area contributed by atoms with Gasteiger partial charge in [0, 0.05) is 11.7 Å². The molecule has 21 heavy (non-hydrogen) atoms. The van der Waals surface area contributed by atoms with Crippen LogP contribution in [0, 0.1) is 6.92 Å². The molecule has 1 atom stereocenters. The maximum absolute atomic E-state index is 9.46. The smallest absolute Gasteiger partial charge is 0.161 e. The SMILES string of the molecule is Cc1cc(O)ccc1NC(C)c1ccc2c(c1)OCCO2. The van der Waals surface area contributed by atoms with E-state index < -0.39 is 0 Å². The average Bonchev–Trinajstić information content (AvgIpc) is 2.49. The number of aromatic hydroxyl groups is 1. The van der Waals surface area contributed by atoms with Crippen molar-refractivity contribution in [1.82, 2.24) is 0 Å². The number of nitrogens with one attached hydrogen (secondary N) is 1. The summed E-state index contributed by atoms with van der Waals surface area (Å²) in [6.45, 7) is 5.26. The Bertz CT molecular complexity index is 654. The second-order valence-corrected chi connectivity index (χ2v) is 5.27. The Morgan fingerprint density at radius 3 is 2.57 bits per heavy atom. The Morgan fingerprint density at radius 2 is 1.81 bits per heavy atom. The summed E-state index contributed by atoms with van der Waals surface area (Å²) in [6, 6.07) is 11.5. The molecule has 4 heteroatoms. The first kappa shape index (κ1) is 13.6. The Balaban J connectivity index is 1.80. The average molecular weight is 285 g/mol. The molecule has 0 radical (unpaired) electrons. The highest BCUT2D eigenvalue weighted by Gasteiger charge is 2.14. The number of benzene rings is 2. The Morgan fingerprint density at radius 1 is 1.05 bits per heavy atom. The maximum Gasteiger partial charge on any atom is 0.161 e. The Hall–Kier alpha value is -2.36. The number of hydrogen-bond acceptors (Lipinski definition) is 4. The van der Waals surface area contributed by atoms with Gasteiger partial charge in [-0.2, -0.15) is 0 Å². The van der Waals surface area contributed by atoms with E-state index in [0.29, 0.717) is 13.2 Å². The summed E-state index contributed by atoms with van der Waals surface area (Å²) in [6.07, 6.45) is 0. The molecule has 2 aromatic rings. The van der Waals surface area contributed by atoms with Crippen LogP contribution in [0.25, 0.3) is 0 Å². The predicted molar refractivity (Wildman–Crippen MR) is 82.3 cm³/mol. The molecule has 1 heterocycles. The second kappa shape index (κ2) is 5.56. The van der Waals surface area contributed by atoms with Gasteiger partial charge in [-0.05, 0) is 55.3 Å². The van der Waals surface area contributed by atoms with Crippen LogP contribution in [0.1, 0.15) is 24.1 Å². The molecule has 0 aliphatic carbocycles. The normalized spacial score (nSPS) is 14.6. The molecule has 0 aromatic heterocycles. The molecule has 0 fully saturated rings. The highest BCUT2D eigenvalue weighted by atomic mass is 16.6. The third-order valence-corrected chi connectivity index (χ3v) is 3.65. The zero-order valence-corrected chi connectivity index (χ0v) is 12.2. The van der Waals surface area contributed by atoms with Crippen LogP contribution in [0.2, 0.25) is 0 Å². The molecular formula is C17H19NO3. The monoisotopic (exact) mass is 285 g/mol. The van der Waals surface area contributed by atoms with E-state index >= 15 is 0 Å². The zero-order chi connectivity index (χ0) is 14.8. The van der Waals surface area contributed by atoms with Crippen LogP contribution in [-0.2, 0) is 0 Å². The number of aryl methyl sites for hydroxylation is 1. The van der Waals surface area contributed by atoms with Gasteiger partial charge in [-0.3, -0.25) is 0 Å². The Kier molecular flexibility index (Phi) is 3.60. The summed E-state index contributed by atoms with van der Waals surface area (Å²) in [5.74, 6) is 1.89. The lowest BCUT2D eigenvalue weighted by atomic mass is 10.1. The lowest BCUT2D eigenvalue weighted by Gasteiger charge is -2.22. The first-order chi connectivity index (χ1) is 10.1. The number of anilines is 1. The van der Waals surface area contributed by atoms with Crippen molar-refractivity contribution in [2.75, 3.05) is 18.5 Å². The molecule has 3 rings (SSSR count). The van der Waals surface area contributed by atoms with Crippen molar-refractivity contribution >= 4 is 5.69 Å². The van der Waals surface area contributed by atoms with Crippen molar-refractivity contribution in [2.45, 2.75) is 19.9 Å². The minimum Gasteiger partial charge on any atom is -0.508 e. The van der Waals surface area contributed by atoms with Gasteiger partial charge in [0.2, 0.25) is 0 Å². The molecule has 2 aromatic carbocycles. The lowest BCUT2D eigenvalue weighted by molar-refractivity contribution is 0.171. The number of rotatable bonds is 3. The summed E-state index contributed by atoms with van der Waals surface area (Å²) in [7, 11) is 0. The van der Waals surface area contributed by atoms with Gasteiger partial charge in [0.25, 0.3) is 0 Å². The fraction of sp³-hybridized carbons (Fsp3) is 0.294. The van der Waals surface area contributed by atoms with E-state index in [2.05, 4.69) is 12.2 Å². The standard InChI is InChI=1S/C17H19NO3/c1-11-9-14(19)4-5-15(11)18-12(2)13-3-6-16-17(10-13)21-8-7-20-16/h3-6,9-10,12,18-19H,7-8H2,1-2H3. The molecule has 2 N–H and O–H groups in total. The first-order valence-electron chi connectivity index (χ1n) is 7.09. The van der Waals surface area contributed by atoms with Gasteiger partial charge in [-0.1, -0.05) is 6.07 Å². The topological polar surface area (TPSA) is 50.7 Å². The summed E-state index contributed by atoms with van der Waals surface area (Å²) in [5.41, 5.74) is 3.15. The van der Waals surface area contributed by atoms with Crippen molar-refractivity contribution in [3.05, 3.63) is 47.5 Å². The number of phenols is 1. The molecule has 4 nitrogen and oxygen atoms in total. The largest absolute Gasteiger partial charge is 0.508 e. The molecule has 0 amide bonds. The van der Waals surface area contributed by atoms with E-state index in [1.54, 1.807) is 12.1 Å². The number of fused-ring (bicyclic) bond motifs is 1. The number of ether oxygens (including phenoxy) is 2. The van der Waals surface area contributed by atoms with Gasteiger partial charge < -0.3 is 19.9 Å². The fourth-order valence-corrected chi connectivity index (χ4v) is 2.46. The molecule has 0 spiro atoms. The molecule has 1 aliphatic rings. The molecule has 0 saturated carbocycles. The van der Waals surface area contributed by atoms with Gasteiger partial charge in [-0.25, -0.2) is 0 Å². The zero-order valence-electron chi connectivity index (χ0n) is 12.2. The van der Waals surface area contributed by atoms with Crippen LogP contribution >= 0.6 is 0 Å². The van der Waals surface area contributed by atoms with E-state index in [-0.39, 0.29) is 11.8 Å². The van der Waals surface area contributed by atoms with Crippen LogP contribution in [0.15, 0.2) is 36.4 Å². The second-order valence-electron chi connectivity index (χ2n) is 5.27. The van der Waals surface area contributed by atoms with E-state index in [4.69, 9.17) is 9.47 Å². The van der Waals surface area contributed by atoms with Crippen molar-refractivity contribution in [3.63, 3.8) is 0 Å². The first-order valence-corrected chi connectivity index (χ1v) is 7.09. The van der Waals surface area contributed by atoms with Crippen LogP contribution in [-0.4, -0.2) is 18.3 Å². The predicted octanol–water partition coefficient (Wildman–Crippen LogP) is 3.64. The number of hydrogen-bond donors (Lipinski definition) is 2. The van der Waals surface area contributed by atoms with Crippen LogP contribution in [0.4, 0.5) is 5.69 Å². The van der Waals surface area contributed by atoms with Gasteiger partial charge in [0.05, 0.1) is 0 Å². The van der Waals surface area contributed by atoms with Crippen LogP contribution in [0.3, 0.4) is 0 Å². The van der Waals surface area contributed by atoms with Crippen molar-refractivity contribution in [1.29, 1.82) is 0 Å². The molecule has 0 saturated heterocycles. The molecular weight excluding hydrogens is 266 g/mol. The van der Waals surface area contributed by atoms with Crippen LogP contribution in [0.5, 0.6) is 17.2 Å². The summed E-state index contributed by atoms with van der Waals surface area (Å²) < 4.78 is 11.2. The third kappa shape index (κ3) is 2.89. The van der Waals surface area contributed by atoms with E-state index in [1.165, 1.54) is 0 Å². The lowest BCUT2D eigenvalue weighted by Crippen LogP contribution is -2.16. The van der Waals surface area contributed by atoms with Gasteiger partial charge >= 0.3 is 0 Å². The molecule has 0 bridgehead atoms. The van der Waals surface area contributed by atoms with Gasteiger partial charge in [-0.15, -0.1) is 0 Å². The van der Waals surface area contributed by atoms with E-state index in [1.807, 2.05) is 31.2 Å². The summed E-state index contributed by atoms with van der Waals surface area (Å²) >= 11 is 0. The van der Waals surface area contributed by atoms with Crippen LogP contribution < -0.4 is 14.8 Å². The maximum atomic E-state index is 9.46. The van der Waals surface area contributed by atoms with Crippen molar-refractivity contribution in [3.8, 4) is 17.2 Å². The molecule has 1 aliphatic heterocycles. The van der Waals surface area contributed by atoms with Gasteiger partial charge in [0.15, 0.2) is 11.5 Å². The third-order valence-electron chi connectivity index (χ3n) is 3.65. The molecule has 1 unspecified atom stereocenters. The fourth-order valence-electron chi connectivity index (χ4n) is 2.46. The minimum absolute atomic E-state index is 0.129. The highest BCUT2D eigenvalue weighted by Crippen LogP contribution is 2.33. The highest BCUT2D eigenvalue weighted by molar-refractivity contribution is 5.55. The minimum atomic E-state index is 0.129. The van der Waals surface area contributed by atoms with Crippen molar-refractivity contribution in [2.24, 2.45) is 0 Å².